The number of amides is 1. The number of hydrogen-bond donors (Lipinski definition) is 2. The van der Waals surface area contributed by atoms with Gasteiger partial charge in [-0.15, -0.1) is 5.10 Å². The lowest BCUT2D eigenvalue weighted by molar-refractivity contribution is -0.138. The van der Waals surface area contributed by atoms with Crippen molar-refractivity contribution >= 4 is 35.1 Å². The van der Waals surface area contributed by atoms with E-state index in [0.717, 1.165) is 12.0 Å². The van der Waals surface area contributed by atoms with Crippen LogP contribution in [0.1, 0.15) is 23.6 Å². The van der Waals surface area contributed by atoms with E-state index in [-0.39, 0.29) is 30.8 Å². The molecule has 0 saturated heterocycles. The van der Waals surface area contributed by atoms with Crippen LogP contribution in [0, 0.1) is 5.92 Å². The van der Waals surface area contributed by atoms with Gasteiger partial charge in [0.2, 0.25) is 5.91 Å². The fourth-order valence-corrected chi connectivity index (χ4v) is 3.12. The minimum Gasteiger partial charge on any atom is -0.480 e. The summed E-state index contributed by atoms with van der Waals surface area (Å²) in [5.74, 6) is -1.12. The first kappa shape index (κ1) is 16.7. The summed E-state index contributed by atoms with van der Waals surface area (Å²) >= 11 is 12.0. The highest BCUT2D eigenvalue weighted by molar-refractivity contribution is 6.35. The van der Waals surface area contributed by atoms with Gasteiger partial charge in [-0.25, -0.2) is 4.68 Å². The van der Waals surface area contributed by atoms with E-state index in [0.29, 0.717) is 15.7 Å². The molecule has 1 heterocycles. The Labute approximate surface area is 147 Å². The SMILES string of the molecule is O=C(O)Cn1cc(CNC(=O)C2CC2c2ccc(Cl)cc2Cl)nn1. The topological polar surface area (TPSA) is 97.1 Å². The lowest BCUT2D eigenvalue weighted by Gasteiger charge is -2.05. The summed E-state index contributed by atoms with van der Waals surface area (Å²) in [6.07, 6.45) is 2.23. The van der Waals surface area contributed by atoms with Gasteiger partial charge in [0.15, 0.2) is 0 Å². The van der Waals surface area contributed by atoms with E-state index in [2.05, 4.69) is 15.6 Å². The molecule has 24 heavy (non-hydrogen) atoms. The molecule has 0 aliphatic heterocycles. The number of nitrogens with one attached hydrogen (secondary N) is 1. The van der Waals surface area contributed by atoms with Crippen molar-refractivity contribution < 1.29 is 14.7 Å². The maximum Gasteiger partial charge on any atom is 0.325 e. The molecule has 1 aliphatic carbocycles. The quantitative estimate of drug-likeness (QED) is 0.813. The van der Waals surface area contributed by atoms with E-state index >= 15 is 0 Å². The minimum atomic E-state index is -1.00. The van der Waals surface area contributed by atoms with E-state index in [1.165, 1.54) is 10.9 Å². The highest BCUT2D eigenvalue weighted by Crippen LogP contribution is 2.50. The van der Waals surface area contributed by atoms with Gasteiger partial charge in [-0.2, -0.15) is 0 Å². The molecule has 1 aromatic carbocycles. The van der Waals surface area contributed by atoms with Crippen molar-refractivity contribution in [2.45, 2.75) is 25.4 Å². The number of halogens is 2. The molecule has 126 valence electrons. The Kier molecular flexibility index (Phi) is 4.73. The highest BCUT2D eigenvalue weighted by Gasteiger charge is 2.44. The summed E-state index contributed by atoms with van der Waals surface area (Å²) in [6, 6.07) is 5.28. The Balaban J connectivity index is 1.53. The van der Waals surface area contributed by atoms with Gasteiger partial charge in [0, 0.05) is 16.0 Å². The van der Waals surface area contributed by atoms with Crippen molar-refractivity contribution in [1.29, 1.82) is 0 Å². The van der Waals surface area contributed by atoms with Crippen LogP contribution < -0.4 is 5.32 Å². The summed E-state index contributed by atoms with van der Waals surface area (Å²) in [5.41, 5.74) is 1.43. The van der Waals surface area contributed by atoms with Gasteiger partial charge >= 0.3 is 5.97 Å². The molecule has 1 saturated carbocycles. The average Bonchev–Trinajstić information content (AvgIpc) is 3.17. The molecule has 7 nitrogen and oxygen atoms in total. The molecule has 3 rings (SSSR count). The Bertz CT molecular complexity index is 793. The molecule has 0 bridgehead atoms. The zero-order valence-electron chi connectivity index (χ0n) is 12.4. The Hall–Kier alpha value is -2.12. The van der Waals surface area contributed by atoms with E-state index in [1.807, 2.05) is 6.07 Å². The van der Waals surface area contributed by atoms with Crippen molar-refractivity contribution in [1.82, 2.24) is 20.3 Å². The second kappa shape index (κ2) is 6.78. The van der Waals surface area contributed by atoms with Crippen LogP contribution in [-0.4, -0.2) is 32.0 Å². The van der Waals surface area contributed by atoms with Crippen molar-refractivity contribution in [3.05, 3.63) is 45.7 Å². The first-order valence-electron chi connectivity index (χ1n) is 7.27. The summed E-state index contributed by atoms with van der Waals surface area (Å²) < 4.78 is 1.21. The molecule has 2 unspecified atom stereocenters. The molecule has 2 N–H and O–H groups in total. The van der Waals surface area contributed by atoms with Crippen LogP contribution in [0.5, 0.6) is 0 Å². The third-order valence-electron chi connectivity index (χ3n) is 3.82. The van der Waals surface area contributed by atoms with Crippen molar-refractivity contribution in [3.8, 4) is 0 Å². The summed E-state index contributed by atoms with van der Waals surface area (Å²) in [6.45, 7) is -0.0588. The number of aromatic nitrogens is 3. The number of carboxylic acids is 1. The molecular weight excluding hydrogens is 355 g/mol. The molecule has 0 spiro atoms. The summed E-state index contributed by atoms with van der Waals surface area (Å²) in [5, 5.41) is 20.1. The van der Waals surface area contributed by atoms with Crippen LogP contribution in [0.3, 0.4) is 0 Å². The first-order chi connectivity index (χ1) is 11.4. The Morgan fingerprint density at radius 1 is 1.38 bits per heavy atom. The van der Waals surface area contributed by atoms with E-state index in [9.17, 15) is 9.59 Å². The fraction of sp³-hybridized carbons (Fsp3) is 0.333. The number of hydrogen-bond acceptors (Lipinski definition) is 4. The molecule has 1 aromatic heterocycles. The number of carboxylic acid groups (broad SMARTS) is 1. The van der Waals surface area contributed by atoms with Crippen LogP contribution in [0.4, 0.5) is 0 Å². The Morgan fingerprint density at radius 2 is 2.17 bits per heavy atom. The third-order valence-corrected chi connectivity index (χ3v) is 4.38. The van der Waals surface area contributed by atoms with E-state index in [1.54, 1.807) is 12.1 Å². The smallest absolute Gasteiger partial charge is 0.325 e. The molecular formula is C15H14Cl2N4O3. The minimum absolute atomic E-state index is 0.0844. The maximum absolute atomic E-state index is 12.2. The largest absolute Gasteiger partial charge is 0.480 e. The molecule has 0 radical (unpaired) electrons. The zero-order valence-corrected chi connectivity index (χ0v) is 14.0. The number of nitrogens with zero attached hydrogens (tertiary/aromatic N) is 3. The van der Waals surface area contributed by atoms with Gasteiger partial charge in [0.05, 0.1) is 12.7 Å². The van der Waals surface area contributed by atoms with Gasteiger partial charge in [-0.1, -0.05) is 34.5 Å². The number of rotatable bonds is 6. The van der Waals surface area contributed by atoms with Gasteiger partial charge < -0.3 is 10.4 Å². The molecule has 1 aliphatic rings. The van der Waals surface area contributed by atoms with Crippen LogP contribution in [0.15, 0.2) is 24.4 Å². The van der Waals surface area contributed by atoms with Crippen LogP contribution >= 0.6 is 23.2 Å². The molecule has 1 amide bonds. The third kappa shape index (κ3) is 3.85. The summed E-state index contributed by atoms with van der Waals surface area (Å²) in [4.78, 5) is 22.8. The number of carbonyl (C=O) groups excluding carboxylic acids is 1. The maximum atomic E-state index is 12.2. The second-order valence-corrected chi connectivity index (χ2v) is 6.48. The predicted molar refractivity (Wildman–Crippen MR) is 86.8 cm³/mol. The molecule has 2 atom stereocenters. The lowest BCUT2D eigenvalue weighted by Crippen LogP contribution is -2.25. The zero-order chi connectivity index (χ0) is 17.3. The van der Waals surface area contributed by atoms with Crippen molar-refractivity contribution in [2.24, 2.45) is 5.92 Å². The highest BCUT2D eigenvalue weighted by atomic mass is 35.5. The lowest BCUT2D eigenvalue weighted by atomic mass is 10.1. The van der Waals surface area contributed by atoms with Gasteiger partial charge in [0.1, 0.15) is 12.2 Å². The molecule has 2 aromatic rings. The summed E-state index contributed by atoms with van der Waals surface area (Å²) in [7, 11) is 0. The second-order valence-electron chi connectivity index (χ2n) is 5.63. The van der Waals surface area contributed by atoms with E-state index in [4.69, 9.17) is 28.3 Å². The van der Waals surface area contributed by atoms with Gasteiger partial charge in [0.25, 0.3) is 0 Å². The number of aliphatic carboxylic acids is 1. The fourth-order valence-electron chi connectivity index (χ4n) is 2.57. The van der Waals surface area contributed by atoms with Crippen LogP contribution in [-0.2, 0) is 22.7 Å². The van der Waals surface area contributed by atoms with Crippen molar-refractivity contribution in [3.63, 3.8) is 0 Å². The van der Waals surface area contributed by atoms with E-state index < -0.39 is 5.97 Å². The monoisotopic (exact) mass is 368 g/mol. The van der Waals surface area contributed by atoms with Crippen LogP contribution in [0.25, 0.3) is 0 Å². The number of benzene rings is 1. The molecule has 1 fully saturated rings. The standard InChI is InChI=1S/C15H14Cl2N4O3/c16-8-1-2-10(13(17)3-8)11-4-12(11)15(24)18-5-9-6-21(20-19-9)7-14(22)23/h1-3,6,11-12H,4-5,7H2,(H,18,24)(H,22,23). The first-order valence-corrected chi connectivity index (χ1v) is 8.03. The average molecular weight is 369 g/mol. The van der Waals surface area contributed by atoms with Crippen LogP contribution in [0.2, 0.25) is 10.0 Å². The normalized spacial score (nSPS) is 19.1. The van der Waals surface area contributed by atoms with Crippen molar-refractivity contribution in [2.75, 3.05) is 0 Å². The van der Waals surface area contributed by atoms with Gasteiger partial charge in [-0.05, 0) is 30.0 Å². The predicted octanol–water partition coefficient (Wildman–Crippen LogP) is 2.09. The molecule has 9 heteroatoms. The van der Waals surface area contributed by atoms with Gasteiger partial charge in [-0.3, -0.25) is 9.59 Å². The number of carbonyl (C=O) groups is 2. The Morgan fingerprint density at radius 3 is 2.88 bits per heavy atom.